The van der Waals surface area contributed by atoms with Crippen LogP contribution in [0.25, 0.3) is 11.3 Å². The molecule has 228 valence electrons. The lowest BCUT2D eigenvalue weighted by Crippen LogP contribution is -2.34. The van der Waals surface area contributed by atoms with E-state index >= 15 is 0 Å². The molecule has 2 aromatic rings. The van der Waals surface area contributed by atoms with Gasteiger partial charge in [0, 0.05) is 26.3 Å². The molecule has 0 aliphatic rings. The number of carbonyl (C=O) groups excluding carboxylic acids is 3. The van der Waals surface area contributed by atoms with E-state index in [0.29, 0.717) is 30.9 Å². The van der Waals surface area contributed by atoms with Crippen LogP contribution in [-0.4, -0.2) is 69.5 Å². The number of nitrogens with one attached hydrogen (secondary N) is 1. The summed E-state index contributed by atoms with van der Waals surface area (Å²) in [6, 6.07) is 6.97. The molecule has 0 aliphatic heterocycles. The molecule has 0 bridgehead atoms. The number of hydrogen-bond donors (Lipinski definition) is 2. The van der Waals surface area contributed by atoms with Crippen LogP contribution in [0.3, 0.4) is 0 Å². The first kappa shape index (κ1) is 33.4. The van der Waals surface area contributed by atoms with E-state index in [1.807, 2.05) is 6.20 Å². The van der Waals surface area contributed by atoms with Gasteiger partial charge in [0.05, 0.1) is 12.3 Å². The summed E-state index contributed by atoms with van der Waals surface area (Å²) in [6.07, 6.45) is -0.473. The third-order valence-corrected chi connectivity index (χ3v) is 5.11. The summed E-state index contributed by atoms with van der Waals surface area (Å²) < 4.78 is 19.0. The van der Waals surface area contributed by atoms with Crippen molar-refractivity contribution >= 4 is 18.2 Å². The van der Waals surface area contributed by atoms with Crippen molar-refractivity contribution < 1.29 is 43.5 Å². The van der Waals surface area contributed by atoms with E-state index in [-0.39, 0.29) is 13.2 Å². The smallest absolute Gasteiger partial charge is 0.468 e. The first-order valence-electron chi connectivity index (χ1n) is 13.3. The molecule has 13 heteroatoms. The molecule has 0 spiro atoms. The Balaban J connectivity index is 2.22. The van der Waals surface area contributed by atoms with Crippen molar-refractivity contribution in [2.75, 3.05) is 19.8 Å². The first-order chi connectivity index (χ1) is 19.1. The Morgan fingerprint density at radius 1 is 1.05 bits per heavy atom. The number of esters is 1. The van der Waals surface area contributed by atoms with Gasteiger partial charge in [-0.2, -0.15) is 4.89 Å². The predicted octanol–water partition coefficient (Wildman–Crippen LogP) is 3.48. The van der Waals surface area contributed by atoms with E-state index in [2.05, 4.69) is 10.3 Å². The fraction of sp³-hybridized carbons (Fsp3) is 0.571. The number of aryl methyl sites for hydroxylation is 1. The second kappa shape index (κ2) is 14.7. The number of aliphatic hydroxyl groups excluding tert-OH is 1. The predicted molar refractivity (Wildman–Crippen MR) is 149 cm³/mol. The quantitative estimate of drug-likeness (QED) is 0.177. The van der Waals surface area contributed by atoms with Crippen molar-refractivity contribution in [3.05, 3.63) is 36.1 Å². The first-order valence-corrected chi connectivity index (χ1v) is 13.3. The number of imidazole rings is 1. The number of amides is 2. The zero-order valence-electron chi connectivity index (χ0n) is 25.1. The van der Waals surface area contributed by atoms with E-state index in [4.69, 9.17) is 24.0 Å². The van der Waals surface area contributed by atoms with Crippen molar-refractivity contribution in [1.29, 1.82) is 0 Å². The van der Waals surface area contributed by atoms with Crippen LogP contribution in [0.1, 0.15) is 54.9 Å². The van der Waals surface area contributed by atoms with E-state index < -0.39 is 35.5 Å². The van der Waals surface area contributed by atoms with Gasteiger partial charge in [-0.1, -0.05) is 0 Å². The molecule has 1 aromatic heterocycles. The van der Waals surface area contributed by atoms with Gasteiger partial charge in [0.15, 0.2) is 6.10 Å². The standard InChI is InChI=1S/C28H42N4O9/c1-9-37-23(34)22(33)18-38-20-13-11-19(12-14-20)21-17-32(16-10-15-29-25(35)39-27(2,3)4)24(31(21)8)30-26(36)40-41-28(5,6)7/h11-14,17,22,33H,9-10,15-16,18H2,1-8H3,(H,29,35)/t22-/m1/s1. The normalized spacial score (nSPS) is 13.0. The van der Waals surface area contributed by atoms with Crippen LogP contribution >= 0.6 is 0 Å². The number of carbonyl (C=O) groups is 3. The molecular weight excluding hydrogens is 536 g/mol. The highest BCUT2D eigenvalue weighted by molar-refractivity contribution is 5.74. The van der Waals surface area contributed by atoms with Crippen LogP contribution in [0, 0.1) is 0 Å². The number of ether oxygens (including phenoxy) is 3. The van der Waals surface area contributed by atoms with Crippen molar-refractivity contribution in [2.45, 2.75) is 78.7 Å². The highest BCUT2D eigenvalue weighted by Gasteiger charge is 2.19. The summed E-state index contributed by atoms with van der Waals surface area (Å²) >= 11 is 0. The van der Waals surface area contributed by atoms with E-state index in [1.54, 1.807) is 88.9 Å². The summed E-state index contributed by atoms with van der Waals surface area (Å²) in [5.41, 5.74) is 0.511. The highest BCUT2D eigenvalue weighted by atomic mass is 17.2. The fourth-order valence-electron chi connectivity index (χ4n) is 3.38. The van der Waals surface area contributed by atoms with Crippen LogP contribution in [0.4, 0.5) is 9.59 Å². The molecule has 2 N–H and O–H groups in total. The Morgan fingerprint density at radius 2 is 1.71 bits per heavy atom. The molecule has 1 atom stereocenters. The number of benzene rings is 1. The maximum Gasteiger partial charge on any atom is 0.468 e. The molecule has 0 unspecified atom stereocenters. The number of aliphatic hydroxyl groups is 1. The average molecular weight is 579 g/mol. The van der Waals surface area contributed by atoms with Crippen molar-refractivity contribution in [2.24, 2.45) is 12.0 Å². The monoisotopic (exact) mass is 578 g/mol. The summed E-state index contributed by atoms with van der Waals surface area (Å²) in [7, 11) is 1.75. The summed E-state index contributed by atoms with van der Waals surface area (Å²) in [6.45, 7) is 12.9. The van der Waals surface area contributed by atoms with Crippen LogP contribution in [0.2, 0.25) is 0 Å². The van der Waals surface area contributed by atoms with Gasteiger partial charge in [0.1, 0.15) is 23.6 Å². The van der Waals surface area contributed by atoms with Gasteiger partial charge in [-0.25, -0.2) is 14.4 Å². The number of hydrogen-bond acceptors (Lipinski definition) is 9. The van der Waals surface area contributed by atoms with Crippen LogP contribution in [0.5, 0.6) is 5.75 Å². The number of nitrogens with zero attached hydrogens (tertiary/aromatic N) is 3. The second-order valence-electron chi connectivity index (χ2n) is 11.1. The van der Waals surface area contributed by atoms with Crippen LogP contribution < -0.4 is 15.7 Å². The van der Waals surface area contributed by atoms with Gasteiger partial charge >= 0.3 is 18.2 Å². The molecule has 0 radical (unpaired) electrons. The van der Waals surface area contributed by atoms with Crippen LogP contribution in [0.15, 0.2) is 35.5 Å². The Hall–Kier alpha value is -3.84. The highest BCUT2D eigenvalue weighted by Crippen LogP contribution is 2.22. The SMILES string of the molecule is CCOC(=O)[C@H](O)COc1ccc(-c2cn(CCCNC(=O)OC(C)(C)C)c(=NC(=O)OOC(C)(C)C)n2C)cc1. The molecule has 0 saturated carbocycles. The van der Waals surface area contributed by atoms with Crippen molar-refractivity contribution in [3.63, 3.8) is 0 Å². The van der Waals surface area contributed by atoms with Gasteiger partial charge in [0.2, 0.25) is 5.62 Å². The third kappa shape index (κ3) is 11.7. The molecule has 1 aromatic carbocycles. The van der Waals surface area contributed by atoms with E-state index in [1.165, 1.54) is 0 Å². The minimum atomic E-state index is -1.39. The lowest BCUT2D eigenvalue weighted by molar-refractivity contribution is -0.298. The van der Waals surface area contributed by atoms with Gasteiger partial charge in [-0.05, 0) is 84.7 Å². The van der Waals surface area contributed by atoms with E-state index in [9.17, 15) is 19.5 Å². The minimum Gasteiger partial charge on any atom is -0.490 e. The molecule has 2 rings (SSSR count). The summed E-state index contributed by atoms with van der Waals surface area (Å²) in [4.78, 5) is 50.0. The maximum absolute atomic E-state index is 12.4. The summed E-state index contributed by atoms with van der Waals surface area (Å²) in [5.74, 6) is -0.304. The van der Waals surface area contributed by atoms with E-state index in [0.717, 1.165) is 11.3 Å². The number of alkyl carbamates (subject to hydrolysis) is 1. The Labute approximate surface area is 239 Å². The lowest BCUT2D eigenvalue weighted by atomic mass is 10.1. The zero-order valence-corrected chi connectivity index (χ0v) is 25.1. The Kier molecular flexibility index (Phi) is 12.0. The molecule has 13 nitrogen and oxygen atoms in total. The van der Waals surface area contributed by atoms with Crippen molar-refractivity contribution in [3.8, 4) is 17.0 Å². The van der Waals surface area contributed by atoms with Crippen LogP contribution in [-0.2, 0) is 37.6 Å². The largest absolute Gasteiger partial charge is 0.490 e. The minimum absolute atomic E-state index is 0.164. The van der Waals surface area contributed by atoms with Crippen molar-refractivity contribution in [1.82, 2.24) is 14.5 Å². The van der Waals surface area contributed by atoms with Gasteiger partial charge in [-0.3, -0.25) is 4.89 Å². The zero-order chi connectivity index (χ0) is 30.8. The molecule has 1 heterocycles. The average Bonchev–Trinajstić information content (AvgIpc) is 3.17. The number of rotatable bonds is 11. The fourth-order valence-corrected chi connectivity index (χ4v) is 3.38. The van der Waals surface area contributed by atoms with Gasteiger partial charge in [0.25, 0.3) is 0 Å². The lowest BCUT2D eigenvalue weighted by Gasteiger charge is -2.19. The molecule has 2 amide bonds. The molecule has 0 saturated heterocycles. The topological polar surface area (TPSA) is 152 Å². The molecule has 0 aliphatic carbocycles. The number of aromatic nitrogens is 2. The maximum atomic E-state index is 12.4. The Morgan fingerprint density at radius 3 is 2.29 bits per heavy atom. The molecule has 0 fully saturated rings. The third-order valence-electron chi connectivity index (χ3n) is 5.11. The van der Waals surface area contributed by atoms with Gasteiger partial charge in [-0.15, -0.1) is 4.99 Å². The molecule has 41 heavy (non-hydrogen) atoms. The second-order valence-corrected chi connectivity index (χ2v) is 11.1. The van der Waals surface area contributed by atoms with Gasteiger partial charge < -0.3 is 33.8 Å². The Bertz CT molecular complexity index is 1240. The summed E-state index contributed by atoms with van der Waals surface area (Å²) in [5, 5.41) is 12.6. The molecular formula is C28H42N4O9.